The molecule has 0 aliphatic heterocycles. The van der Waals surface area contributed by atoms with Crippen molar-refractivity contribution in [1.29, 1.82) is 0 Å². The molecule has 1 rings (SSSR count). The summed E-state index contributed by atoms with van der Waals surface area (Å²) in [4.78, 5) is 27.5. The highest BCUT2D eigenvalue weighted by molar-refractivity contribution is 8.02. The Labute approximate surface area is 121 Å². The number of aryl methyl sites for hydroxylation is 1. The Hall–Kier alpha value is -1.08. The lowest BCUT2D eigenvalue weighted by Gasteiger charge is -2.11. The van der Waals surface area contributed by atoms with Crippen LogP contribution in [0, 0.1) is 12.8 Å². The number of amides is 3. The van der Waals surface area contributed by atoms with Crippen LogP contribution in [0.15, 0.2) is 9.72 Å². The van der Waals surface area contributed by atoms with Gasteiger partial charge in [0.15, 0.2) is 4.34 Å². The van der Waals surface area contributed by atoms with Crippen LogP contribution in [0.5, 0.6) is 0 Å². The van der Waals surface area contributed by atoms with Gasteiger partial charge in [-0.2, -0.15) is 0 Å². The minimum absolute atomic E-state index is 0.306. The molecule has 0 aliphatic carbocycles. The first-order valence-corrected chi connectivity index (χ1v) is 7.82. The highest BCUT2D eigenvalue weighted by Crippen LogP contribution is 2.26. The fourth-order valence-corrected chi connectivity index (χ4v) is 3.13. The normalized spacial score (nSPS) is 12.3. The molecule has 0 aromatic carbocycles. The van der Waals surface area contributed by atoms with E-state index in [0.717, 1.165) is 10.0 Å². The highest BCUT2D eigenvalue weighted by atomic mass is 32.2. The van der Waals surface area contributed by atoms with E-state index in [9.17, 15) is 9.59 Å². The van der Waals surface area contributed by atoms with E-state index in [0.29, 0.717) is 12.5 Å². The predicted molar refractivity (Wildman–Crippen MR) is 78.5 cm³/mol. The second-order valence-electron chi connectivity index (χ2n) is 4.61. The standard InChI is InChI=1S/C12H19N3O2S2/c1-7(2)5-13-11(17)15-10(16)9(4)19-12-14-8(3)6-18-12/h6-7,9H,5H2,1-4H3,(H2,13,15,16,17). The minimum Gasteiger partial charge on any atom is -0.338 e. The Kier molecular flexibility index (Phi) is 6.30. The maximum Gasteiger partial charge on any atom is 0.321 e. The Bertz CT molecular complexity index is 446. The first kappa shape index (κ1) is 16.0. The number of carbonyl (C=O) groups excluding carboxylic acids is 2. The number of carbonyl (C=O) groups is 2. The summed E-state index contributed by atoms with van der Waals surface area (Å²) in [5.41, 5.74) is 0.940. The Balaban J connectivity index is 2.38. The second kappa shape index (κ2) is 7.49. The largest absolute Gasteiger partial charge is 0.338 e. The number of hydrogen-bond acceptors (Lipinski definition) is 5. The fourth-order valence-electron chi connectivity index (χ4n) is 1.15. The van der Waals surface area contributed by atoms with Crippen molar-refractivity contribution >= 4 is 35.0 Å². The lowest BCUT2D eigenvalue weighted by molar-refractivity contribution is -0.119. The van der Waals surface area contributed by atoms with Gasteiger partial charge in [-0.15, -0.1) is 11.3 Å². The van der Waals surface area contributed by atoms with Crippen LogP contribution in [0.1, 0.15) is 26.5 Å². The quantitative estimate of drug-likeness (QED) is 0.819. The molecule has 0 spiro atoms. The topological polar surface area (TPSA) is 71.1 Å². The molecule has 106 valence electrons. The summed E-state index contributed by atoms with van der Waals surface area (Å²) in [5.74, 6) is 0.0463. The van der Waals surface area contributed by atoms with Crippen molar-refractivity contribution in [1.82, 2.24) is 15.6 Å². The number of imide groups is 1. The van der Waals surface area contributed by atoms with Gasteiger partial charge in [-0.05, 0) is 19.8 Å². The van der Waals surface area contributed by atoms with Gasteiger partial charge in [0.2, 0.25) is 5.91 Å². The first-order valence-electron chi connectivity index (χ1n) is 6.06. The van der Waals surface area contributed by atoms with Crippen LogP contribution in [0.25, 0.3) is 0 Å². The SMILES string of the molecule is Cc1csc(SC(C)C(=O)NC(=O)NCC(C)C)n1. The third kappa shape index (κ3) is 6.07. The molecule has 7 heteroatoms. The van der Waals surface area contributed by atoms with Crippen LogP contribution in [-0.2, 0) is 4.79 Å². The third-order valence-electron chi connectivity index (χ3n) is 2.15. The van der Waals surface area contributed by atoms with Crippen molar-refractivity contribution in [2.75, 3.05) is 6.54 Å². The molecule has 0 saturated heterocycles. The molecule has 1 atom stereocenters. The smallest absolute Gasteiger partial charge is 0.321 e. The lowest BCUT2D eigenvalue weighted by atomic mass is 10.2. The van der Waals surface area contributed by atoms with Gasteiger partial charge in [0, 0.05) is 17.6 Å². The van der Waals surface area contributed by atoms with E-state index in [1.807, 2.05) is 26.2 Å². The number of hydrogen-bond donors (Lipinski definition) is 2. The maximum absolute atomic E-state index is 11.8. The Morgan fingerprint density at radius 2 is 2.11 bits per heavy atom. The number of aromatic nitrogens is 1. The Morgan fingerprint density at radius 3 is 2.63 bits per heavy atom. The van der Waals surface area contributed by atoms with Crippen LogP contribution < -0.4 is 10.6 Å². The summed E-state index contributed by atoms with van der Waals surface area (Å²) in [6.07, 6.45) is 0. The summed E-state index contributed by atoms with van der Waals surface area (Å²) in [7, 11) is 0. The number of nitrogens with zero attached hydrogens (tertiary/aromatic N) is 1. The summed E-state index contributed by atoms with van der Waals surface area (Å²) >= 11 is 2.85. The monoisotopic (exact) mass is 301 g/mol. The van der Waals surface area contributed by atoms with Crippen molar-refractivity contribution in [3.63, 3.8) is 0 Å². The average molecular weight is 301 g/mol. The third-order valence-corrected chi connectivity index (χ3v) is 4.34. The summed E-state index contributed by atoms with van der Waals surface area (Å²) in [5, 5.41) is 6.55. The van der Waals surface area contributed by atoms with Crippen molar-refractivity contribution in [2.45, 2.75) is 37.3 Å². The minimum atomic E-state index is -0.443. The number of urea groups is 1. The van der Waals surface area contributed by atoms with Gasteiger partial charge in [-0.1, -0.05) is 25.6 Å². The van der Waals surface area contributed by atoms with Gasteiger partial charge in [0.05, 0.1) is 5.25 Å². The molecule has 0 saturated carbocycles. The summed E-state index contributed by atoms with van der Waals surface area (Å²) in [6, 6.07) is -0.443. The molecule has 1 unspecified atom stereocenters. The molecule has 0 aliphatic rings. The molecule has 0 radical (unpaired) electrons. The molecule has 1 aromatic heterocycles. The number of thiazole rings is 1. The maximum atomic E-state index is 11.8. The molecule has 2 N–H and O–H groups in total. The van der Waals surface area contributed by atoms with E-state index < -0.39 is 6.03 Å². The van der Waals surface area contributed by atoms with Gasteiger partial charge >= 0.3 is 6.03 Å². The van der Waals surface area contributed by atoms with Crippen LogP contribution >= 0.6 is 23.1 Å². The van der Waals surface area contributed by atoms with Gasteiger partial charge in [0.1, 0.15) is 0 Å². The number of nitrogens with one attached hydrogen (secondary N) is 2. The van der Waals surface area contributed by atoms with Crippen LogP contribution in [-0.4, -0.2) is 28.7 Å². The van der Waals surface area contributed by atoms with Gasteiger partial charge in [0.25, 0.3) is 0 Å². The van der Waals surface area contributed by atoms with Gasteiger partial charge in [-0.3, -0.25) is 10.1 Å². The van der Waals surface area contributed by atoms with E-state index in [-0.39, 0.29) is 11.2 Å². The Morgan fingerprint density at radius 1 is 1.42 bits per heavy atom. The van der Waals surface area contributed by atoms with Crippen molar-refractivity contribution < 1.29 is 9.59 Å². The van der Waals surface area contributed by atoms with E-state index >= 15 is 0 Å². The molecule has 1 aromatic rings. The van der Waals surface area contributed by atoms with E-state index in [1.54, 1.807) is 6.92 Å². The molecular formula is C12H19N3O2S2. The van der Waals surface area contributed by atoms with Crippen LogP contribution in [0.4, 0.5) is 4.79 Å². The zero-order valence-electron chi connectivity index (χ0n) is 11.5. The number of rotatable bonds is 5. The molecule has 1 heterocycles. The molecule has 5 nitrogen and oxygen atoms in total. The number of thioether (sulfide) groups is 1. The zero-order valence-corrected chi connectivity index (χ0v) is 13.2. The van der Waals surface area contributed by atoms with Gasteiger partial charge < -0.3 is 5.32 Å². The lowest BCUT2D eigenvalue weighted by Crippen LogP contribution is -2.43. The van der Waals surface area contributed by atoms with Gasteiger partial charge in [-0.25, -0.2) is 9.78 Å². The second-order valence-corrected chi connectivity index (χ2v) is 7.05. The fraction of sp³-hybridized carbons (Fsp3) is 0.583. The average Bonchev–Trinajstić information content (AvgIpc) is 2.72. The molecule has 0 bridgehead atoms. The molecular weight excluding hydrogens is 282 g/mol. The van der Waals surface area contributed by atoms with Crippen molar-refractivity contribution in [3.05, 3.63) is 11.1 Å². The van der Waals surface area contributed by atoms with Crippen LogP contribution in [0.3, 0.4) is 0 Å². The van der Waals surface area contributed by atoms with E-state index in [2.05, 4.69) is 15.6 Å². The summed E-state index contributed by atoms with van der Waals surface area (Å²) < 4.78 is 0.836. The summed E-state index contributed by atoms with van der Waals surface area (Å²) in [6.45, 7) is 8.19. The first-order chi connectivity index (χ1) is 8.88. The zero-order chi connectivity index (χ0) is 14.4. The van der Waals surface area contributed by atoms with E-state index in [1.165, 1.54) is 23.1 Å². The predicted octanol–water partition coefficient (Wildman–Crippen LogP) is 2.41. The van der Waals surface area contributed by atoms with Crippen molar-refractivity contribution in [3.8, 4) is 0 Å². The molecule has 0 fully saturated rings. The van der Waals surface area contributed by atoms with Crippen molar-refractivity contribution in [2.24, 2.45) is 5.92 Å². The highest BCUT2D eigenvalue weighted by Gasteiger charge is 2.18. The molecule has 19 heavy (non-hydrogen) atoms. The van der Waals surface area contributed by atoms with Crippen LogP contribution in [0.2, 0.25) is 0 Å². The molecule has 3 amide bonds. The van der Waals surface area contributed by atoms with E-state index in [4.69, 9.17) is 0 Å².